The molecule has 0 radical (unpaired) electrons. The third-order valence-electron chi connectivity index (χ3n) is 5.09. The van der Waals surface area contributed by atoms with E-state index >= 15 is 0 Å². The van der Waals surface area contributed by atoms with Crippen molar-refractivity contribution in [2.75, 3.05) is 26.7 Å². The molecule has 1 N–H and O–H groups in total. The van der Waals surface area contributed by atoms with Crippen LogP contribution < -0.4 is 5.32 Å². The second-order valence-electron chi connectivity index (χ2n) is 6.85. The number of piperidine rings is 1. The van der Waals surface area contributed by atoms with Crippen LogP contribution in [-0.2, 0) is 22.6 Å². The van der Waals surface area contributed by atoms with Gasteiger partial charge in [-0.3, -0.25) is 9.69 Å². The van der Waals surface area contributed by atoms with Gasteiger partial charge in [0.2, 0.25) is 11.8 Å². The van der Waals surface area contributed by atoms with Crippen LogP contribution in [0.15, 0.2) is 4.52 Å². The first-order valence-corrected chi connectivity index (χ1v) is 9.08. The zero-order chi connectivity index (χ0) is 16.8. The van der Waals surface area contributed by atoms with Gasteiger partial charge in [-0.25, -0.2) is 0 Å². The molecule has 0 bridgehead atoms. The first-order valence-electron chi connectivity index (χ1n) is 9.08. The SMILES string of the molecule is COCc1noc(CCNC(=O)[C@H]2CCCN(C3CCCC3)C2)n1. The van der Waals surface area contributed by atoms with Crippen molar-refractivity contribution in [3.63, 3.8) is 0 Å². The Morgan fingerprint density at radius 2 is 2.17 bits per heavy atom. The molecule has 1 aliphatic carbocycles. The monoisotopic (exact) mass is 336 g/mol. The molecule has 1 aliphatic heterocycles. The molecule has 134 valence electrons. The number of methoxy groups -OCH3 is 1. The number of hydrogen-bond donors (Lipinski definition) is 1. The molecular formula is C17H28N4O3. The zero-order valence-electron chi connectivity index (χ0n) is 14.5. The van der Waals surface area contributed by atoms with Gasteiger partial charge >= 0.3 is 0 Å². The van der Waals surface area contributed by atoms with Crippen molar-refractivity contribution in [3.05, 3.63) is 11.7 Å². The molecule has 0 aromatic carbocycles. The van der Waals surface area contributed by atoms with Crippen molar-refractivity contribution in [1.29, 1.82) is 0 Å². The van der Waals surface area contributed by atoms with Crippen molar-refractivity contribution in [1.82, 2.24) is 20.4 Å². The summed E-state index contributed by atoms with van der Waals surface area (Å²) < 4.78 is 10.1. The lowest BCUT2D eigenvalue weighted by Crippen LogP contribution is -2.46. The van der Waals surface area contributed by atoms with Crippen LogP contribution in [0.1, 0.15) is 50.2 Å². The Kier molecular flexibility index (Phi) is 6.20. The average Bonchev–Trinajstić information content (AvgIpc) is 3.27. The summed E-state index contributed by atoms with van der Waals surface area (Å²) in [7, 11) is 1.59. The molecule has 7 nitrogen and oxygen atoms in total. The fourth-order valence-corrected chi connectivity index (χ4v) is 3.84. The summed E-state index contributed by atoms with van der Waals surface area (Å²) in [6.45, 7) is 2.94. The summed E-state index contributed by atoms with van der Waals surface area (Å²) in [5.74, 6) is 1.36. The van der Waals surface area contributed by atoms with Gasteiger partial charge in [-0.1, -0.05) is 18.0 Å². The molecule has 0 unspecified atom stereocenters. The average molecular weight is 336 g/mol. The Balaban J connectivity index is 1.40. The Bertz CT molecular complexity index is 528. The van der Waals surface area contributed by atoms with Crippen molar-refractivity contribution in [2.45, 2.75) is 57.6 Å². The maximum absolute atomic E-state index is 12.4. The van der Waals surface area contributed by atoms with E-state index in [9.17, 15) is 4.79 Å². The van der Waals surface area contributed by atoms with E-state index in [0.717, 1.165) is 25.9 Å². The van der Waals surface area contributed by atoms with E-state index < -0.39 is 0 Å². The van der Waals surface area contributed by atoms with Crippen LogP contribution in [0.5, 0.6) is 0 Å². The fourth-order valence-electron chi connectivity index (χ4n) is 3.84. The summed E-state index contributed by atoms with van der Waals surface area (Å²) in [5, 5.41) is 6.85. The second-order valence-corrected chi connectivity index (χ2v) is 6.85. The Labute approximate surface area is 143 Å². The summed E-state index contributed by atoms with van der Waals surface area (Å²) in [6.07, 6.45) is 7.96. The van der Waals surface area contributed by atoms with E-state index in [1.54, 1.807) is 7.11 Å². The van der Waals surface area contributed by atoms with Gasteiger partial charge < -0.3 is 14.6 Å². The van der Waals surface area contributed by atoms with Crippen LogP contribution in [0, 0.1) is 5.92 Å². The van der Waals surface area contributed by atoms with E-state index in [1.807, 2.05) is 0 Å². The molecule has 3 rings (SSSR count). The Morgan fingerprint density at radius 3 is 2.96 bits per heavy atom. The van der Waals surface area contributed by atoms with Gasteiger partial charge in [0.25, 0.3) is 0 Å². The highest BCUT2D eigenvalue weighted by Gasteiger charge is 2.30. The maximum atomic E-state index is 12.4. The molecule has 2 aliphatic rings. The number of rotatable bonds is 7. The van der Waals surface area contributed by atoms with Crippen molar-refractivity contribution in [3.8, 4) is 0 Å². The van der Waals surface area contributed by atoms with Crippen LogP contribution in [-0.4, -0.2) is 53.7 Å². The van der Waals surface area contributed by atoms with E-state index in [0.29, 0.717) is 37.3 Å². The van der Waals surface area contributed by atoms with Crippen LogP contribution >= 0.6 is 0 Å². The molecule has 1 atom stereocenters. The smallest absolute Gasteiger partial charge is 0.228 e. The molecule has 1 saturated carbocycles. The van der Waals surface area contributed by atoms with E-state index in [1.165, 1.54) is 25.7 Å². The molecule has 2 fully saturated rings. The quantitative estimate of drug-likeness (QED) is 0.813. The van der Waals surface area contributed by atoms with Crippen LogP contribution in [0.3, 0.4) is 0 Å². The normalized spacial score (nSPS) is 22.8. The van der Waals surface area contributed by atoms with E-state index in [-0.39, 0.29) is 11.8 Å². The van der Waals surface area contributed by atoms with Gasteiger partial charge in [0.05, 0.1) is 5.92 Å². The predicted molar refractivity (Wildman–Crippen MR) is 88.3 cm³/mol. The summed E-state index contributed by atoms with van der Waals surface area (Å²) >= 11 is 0. The lowest BCUT2D eigenvalue weighted by Gasteiger charge is -2.36. The molecule has 24 heavy (non-hydrogen) atoms. The van der Waals surface area contributed by atoms with E-state index in [4.69, 9.17) is 9.26 Å². The molecular weight excluding hydrogens is 308 g/mol. The number of likely N-dealkylation sites (tertiary alicyclic amines) is 1. The molecule has 1 aromatic rings. The zero-order valence-corrected chi connectivity index (χ0v) is 14.5. The third-order valence-corrected chi connectivity index (χ3v) is 5.09. The van der Waals surface area contributed by atoms with Crippen LogP contribution in [0.4, 0.5) is 0 Å². The van der Waals surface area contributed by atoms with Gasteiger partial charge in [0.15, 0.2) is 5.82 Å². The van der Waals surface area contributed by atoms with Crippen molar-refractivity contribution >= 4 is 5.91 Å². The van der Waals surface area contributed by atoms with Gasteiger partial charge in [0.1, 0.15) is 6.61 Å². The number of nitrogens with one attached hydrogen (secondary N) is 1. The highest BCUT2D eigenvalue weighted by molar-refractivity contribution is 5.78. The first kappa shape index (κ1) is 17.4. The molecule has 1 aromatic heterocycles. The number of carbonyl (C=O) groups is 1. The van der Waals surface area contributed by atoms with Crippen LogP contribution in [0.25, 0.3) is 0 Å². The van der Waals surface area contributed by atoms with Gasteiger partial charge in [0, 0.05) is 32.7 Å². The third kappa shape index (κ3) is 4.54. The maximum Gasteiger partial charge on any atom is 0.228 e. The van der Waals surface area contributed by atoms with E-state index in [2.05, 4.69) is 20.4 Å². The summed E-state index contributed by atoms with van der Waals surface area (Å²) in [5.41, 5.74) is 0. The predicted octanol–water partition coefficient (Wildman–Crippen LogP) is 1.53. The van der Waals surface area contributed by atoms with Crippen molar-refractivity contribution in [2.24, 2.45) is 5.92 Å². The summed E-state index contributed by atoms with van der Waals surface area (Å²) in [6, 6.07) is 0.707. The molecule has 7 heteroatoms. The number of amides is 1. The fraction of sp³-hybridized carbons (Fsp3) is 0.824. The first-order chi connectivity index (χ1) is 11.8. The lowest BCUT2D eigenvalue weighted by molar-refractivity contribution is -0.127. The number of ether oxygens (including phenoxy) is 1. The number of carbonyl (C=O) groups excluding carboxylic acids is 1. The molecule has 1 saturated heterocycles. The van der Waals surface area contributed by atoms with Crippen molar-refractivity contribution < 1.29 is 14.1 Å². The van der Waals surface area contributed by atoms with Gasteiger partial charge in [-0.15, -0.1) is 0 Å². The molecule has 0 spiro atoms. The number of hydrogen-bond acceptors (Lipinski definition) is 6. The Morgan fingerprint density at radius 1 is 1.33 bits per heavy atom. The minimum Gasteiger partial charge on any atom is -0.377 e. The minimum absolute atomic E-state index is 0.117. The highest BCUT2D eigenvalue weighted by Crippen LogP contribution is 2.27. The van der Waals surface area contributed by atoms with Gasteiger partial charge in [-0.2, -0.15) is 4.98 Å². The highest BCUT2D eigenvalue weighted by atomic mass is 16.5. The standard InChI is InChI=1S/C17H28N4O3/c1-23-12-15-19-16(24-20-15)8-9-18-17(22)13-5-4-10-21(11-13)14-6-2-3-7-14/h13-14H,2-12H2,1H3,(H,18,22)/t13-/m0/s1. The second kappa shape index (κ2) is 8.58. The topological polar surface area (TPSA) is 80.5 Å². The molecule has 1 amide bonds. The summed E-state index contributed by atoms with van der Waals surface area (Å²) in [4.78, 5) is 19.2. The van der Waals surface area contributed by atoms with Gasteiger partial charge in [-0.05, 0) is 32.2 Å². The molecule has 2 heterocycles. The number of nitrogens with zero attached hydrogens (tertiary/aromatic N) is 3. The van der Waals surface area contributed by atoms with Crippen LogP contribution in [0.2, 0.25) is 0 Å². The lowest BCUT2D eigenvalue weighted by atomic mass is 9.95. The Hall–Kier alpha value is -1.47. The number of aromatic nitrogens is 2. The largest absolute Gasteiger partial charge is 0.377 e. The minimum atomic E-state index is 0.117.